The van der Waals surface area contributed by atoms with E-state index >= 15 is 0 Å². The van der Waals surface area contributed by atoms with Crippen LogP contribution in [0.15, 0.2) is 24.3 Å². The third kappa shape index (κ3) is 2.88. The van der Waals surface area contributed by atoms with Crippen LogP contribution in [0.5, 0.6) is 0 Å². The summed E-state index contributed by atoms with van der Waals surface area (Å²) in [6, 6.07) is 7.65. The number of nitrogens with one attached hydrogen (secondary N) is 2. The molecule has 4 nitrogen and oxygen atoms in total. The third-order valence-corrected chi connectivity index (χ3v) is 2.93. The van der Waals surface area contributed by atoms with Crippen molar-refractivity contribution in [1.29, 1.82) is 0 Å². The second-order valence-electron chi connectivity index (χ2n) is 4.91. The zero-order valence-electron chi connectivity index (χ0n) is 10.9. The lowest BCUT2D eigenvalue weighted by atomic mass is 10.1. The number of carbonyl (C=O) groups excluding carboxylic acids is 1. The second-order valence-corrected chi connectivity index (χ2v) is 4.91. The van der Waals surface area contributed by atoms with E-state index in [1.165, 1.54) is 0 Å². The summed E-state index contributed by atoms with van der Waals surface area (Å²) >= 11 is 0. The summed E-state index contributed by atoms with van der Waals surface area (Å²) in [6.45, 7) is 5.07. The first-order valence-electron chi connectivity index (χ1n) is 6.40. The van der Waals surface area contributed by atoms with E-state index in [1.54, 1.807) is 0 Å². The predicted octanol–water partition coefficient (Wildman–Crippen LogP) is 2.73. The van der Waals surface area contributed by atoms with Gasteiger partial charge in [0.2, 0.25) is 0 Å². The van der Waals surface area contributed by atoms with E-state index in [0.29, 0.717) is 18.2 Å². The molecule has 0 saturated heterocycles. The molecule has 0 aliphatic heterocycles. The maximum absolute atomic E-state index is 12.0. The fourth-order valence-corrected chi connectivity index (χ4v) is 1.93. The molecule has 1 aromatic heterocycles. The topological polar surface area (TPSA) is 57.8 Å². The van der Waals surface area contributed by atoms with Crippen molar-refractivity contribution in [2.75, 3.05) is 6.54 Å². The van der Waals surface area contributed by atoms with Gasteiger partial charge in [0, 0.05) is 11.9 Å². The van der Waals surface area contributed by atoms with Crippen LogP contribution in [-0.4, -0.2) is 22.6 Å². The van der Waals surface area contributed by atoms with Crippen LogP contribution in [0.4, 0.5) is 0 Å². The summed E-state index contributed by atoms with van der Waals surface area (Å²) in [7, 11) is 0. The molecule has 2 aromatic rings. The molecule has 4 heteroatoms. The summed E-state index contributed by atoms with van der Waals surface area (Å²) in [5.74, 6) is 0.573. The lowest BCUT2D eigenvalue weighted by Crippen LogP contribution is -2.25. The Morgan fingerprint density at radius 2 is 2.17 bits per heavy atom. The molecule has 0 radical (unpaired) electrons. The number of nitrogens with zero attached hydrogens (tertiary/aromatic N) is 1. The maximum Gasteiger partial charge on any atom is 0.272 e. The number of aromatic amines is 1. The summed E-state index contributed by atoms with van der Waals surface area (Å²) in [5, 5.41) is 10.7. The van der Waals surface area contributed by atoms with Crippen LogP contribution in [0.2, 0.25) is 0 Å². The molecule has 1 aromatic carbocycles. The number of rotatable bonds is 5. The number of aromatic nitrogens is 2. The molecule has 0 aliphatic rings. The number of fused-ring (bicyclic) bond motifs is 1. The number of hydrogen-bond acceptors (Lipinski definition) is 2. The Bertz CT molecular complexity index is 531. The number of hydrogen-bond donors (Lipinski definition) is 2. The second kappa shape index (κ2) is 5.67. The fraction of sp³-hybridized carbons (Fsp3) is 0.429. The van der Waals surface area contributed by atoms with E-state index in [-0.39, 0.29) is 5.91 Å². The van der Waals surface area contributed by atoms with Gasteiger partial charge in [-0.15, -0.1) is 0 Å². The summed E-state index contributed by atoms with van der Waals surface area (Å²) in [6.07, 6.45) is 2.13. The molecule has 18 heavy (non-hydrogen) atoms. The Balaban J connectivity index is 1.97. The molecule has 0 unspecified atom stereocenters. The highest BCUT2D eigenvalue weighted by molar-refractivity contribution is 6.04. The zero-order chi connectivity index (χ0) is 13.0. The highest BCUT2D eigenvalue weighted by Gasteiger charge is 2.12. The summed E-state index contributed by atoms with van der Waals surface area (Å²) in [4.78, 5) is 12.0. The van der Waals surface area contributed by atoms with Crippen molar-refractivity contribution in [2.45, 2.75) is 26.7 Å². The van der Waals surface area contributed by atoms with Crippen LogP contribution < -0.4 is 5.32 Å². The van der Waals surface area contributed by atoms with E-state index in [0.717, 1.165) is 23.7 Å². The molecule has 0 atom stereocenters. The molecule has 96 valence electrons. The lowest BCUT2D eigenvalue weighted by Gasteiger charge is -2.05. The van der Waals surface area contributed by atoms with E-state index in [2.05, 4.69) is 29.4 Å². The first-order valence-corrected chi connectivity index (χ1v) is 6.40. The van der Waals surface area contributed by atoms with Gasteiger partial charge in [0.1, 0.15) is 0 Å². The Morgan fingerprint density at radius 3 is 2.94 bits per heavy atom. The Kier molecular flexibility index (Phi) is 3.97. The molecule has 0 spiro atoms. The fourth-order valence-electron chi connectivity index (χ4n) is 1.93. The molecule has 2 rings (SSSR count). The van der Waals surface area contributed by atoms with Gasteiger partial charge in [0.05, 0.1) is 5.52 Å². The molecule has 0 saturated carbocycles. The molecular formula is C14H19N3O. The van der Waals surface area contributed by atoms with Gasteiger partial charge in [-0.1, -0.05) is 32.0 Å². The van der Waals surface area contributed by atoms with E-state index in [1.807, 2.05) is 24.3 Å². The average Bonchev–Trinajstić information content (AvgIpc) is 2.78. The number of para-hydroxylation sites is 1. The number of H-pyrrole nitrogens is 1. The van der Waals surface area contributed by atoms with Crippen molar-refractivity contribution in [3.05, 3.63) is 30.0 Å². The summed E-state index contributed by atoms with van der Waals surface area (Å²) in [5.41, 5.74) is 1.37. The molecule has 1 amide bonds. The highest BCUT2D eigenvalue weighted by Crippen LogP contribution is 2.14. The van der Waals surface area contributed by atoms with Gasteiger partial charge in [0.15, 0.2) is 5.69 Å². The smallest absolute Gasteiger partial charge is 0.272 e. The molecular weight excluding hydrogens is 226 g/mol. The van der Waals surface area contributed by atoms with E-state index in [4.69, 9.17) is 0 Å². The number of benzene rings is 1. The largest absolute Gasteiger partial charge is 0.351 e. The van der Waals surface area contributed by atoms with Gasteiger partial charge in [-0.25, -0.2) is 0 Å². The minimum Gasteiger partial charge on any atom is -0.351 e. The monoisotopic (exact) mass is 245 g/mol. The van der Waals surface area contributed by atoms with Gasteiger partial charge in [-0.3, -0.25) is 9.89 Å². The minimum atomic E-state index is -0.101. The first kappa shape index (κ1) is 12.6. The van der Waals surface area contributed by atoms with Crippen LogP contribution in [0.1, 0.15) is 37.2 Å². The molecule has 0 fully saturated rings. The van der Waals surface area contributed by atoms with E-state index < -0.39 is 0 Å². The quantitative estimate of drug-likeness (QED) is 0.796. The van der Waals surface area contributed by atoms with Crippen LogP contribution in [0.25, 0.3) is 10.9 Å². The zero-order valence-corrected chi connectivity index (χ0v) is 10.9. The molecule has 1 heterocycles. The van der Waals surface area contributed by atoms with Gasteiger partial charge < -0.3 is 5.32 Å². The Labute approximate surface area is 107 Å². The molecule has 2 N–H and O–H groups in total. The standard InChI is InChI=1S/C14H19N3O/c1-10(2)6-5-9-15-14(18)13-11-7-3-4-8-12(11)16-17-13/h3-4,7-8,10H,5-6,9H2,1-2H3,(H,15,18)(H,16,17). The van der Waals surface area contributed by atoms with Crippen molar-refractivity contribution in [2.24, 2.45) is 5.92 Å². The molecule has 0 bridgehead atoms. The van der Waals surface area contributed by atoms with Crippen LogP contribution in [-0.2, 0) is 0 Å². The van der Waals surface area contributed by atoms with Crippen molar-refractivity contribution in [3.8, 4) is 0 Å². The van der Waals surface area contributed by atoms with Crippen molar-refractivity contribution in [3.63, 3.8) is 0 Å². The van der Waals surface area contributed by atoms with E-state index in [9.17, 15) is 4.79 Å². The normalized spacial score (nSPS) is 11.1. The Hall–Kier alpha value is -1.84. The van der Waals surface area contributed by atoms with Gasteiger partial charge in [-0.2, -0.15) is 5.10 Å². The third-order valence-electron chi connectivity index (χ3n) is 2.93. The van der Waals surface area contributed by atoms with Gasteiger partial charge >= 0.3 is 0 Å². The lowest BCUT2D eigenvalue weighted by molar-refractivity contribution is 0.0949. The maximum atomic E-state index is 12.0. The van der Waals surface area contributed by atoms with Gasteiger partial charge in [0.25, 0.3) is 5.91 Å². The number of amides is 1. The van der Waals surface area contributed by atoms with Crippen molar-refractivity contribution < 1.29 is 4.79 Å². The van der Waals surface area contributed by atoms with Gasteiger partial charge in [-0.05, 0) is 24.8 Å². The average molecular weight is 245 g/mol. The van der Waals surface area contributed by atoms with Crippen molar-refractivity contribution in [1.82, 2.24) is 15.5 Å². The SMILES string of the molecule is CC(C)CCCNC(=O)c1n[nH]c2ccccc12. The summed E-state index contributed by atoms with van der Waals surface area (Å²) < 4.78 is 0. The van der Waals surface area contributed by atoms with Crippen molar-refractivity contribution >= 4 is 16.8 Å². The minimum absolute atomic E-state index is 0.101. The van der Waals surface area contributed by atoms with Crippen LogP contribution >= 0.6 is 0 Å². The first-order chi connectivity index (χ1) is 8.68. The highest BCUT2D eigenvalue weighted by atomic mass is 16.1. The Morgan fingerprint density at radius 1 is 1.39 bits per heavy atom. The van der Waals surface area contributed by atoms with Crippen LogP contribution in [0.3, 0.4) is 0 Å². The number of carbonyl (C=O) groups is 1. The predicted molar refractivity (Wildman–Crippen MR) is 72.5 cm³/mol. The van der Waals surface area contributed by atoms with Crippen LogP contribution in [0, 0.1) is 5.92 Å². The molecule has 0 aliphatic carbocycles.